The number of anilines is 2. The molecule has 2 aromatic carbocycles. The molecule has 3 rings (SSSR count). The van der Waals surface area contributed by atoms with Gasteiger partial charge in [-0.25, -0.2) is 4.98 Å². The predicted molar refractivity (Wildman–Crippen MR) is 104 cm³/mol. The summed E-state index contributed by atoms with van der Waals surface area (Å²) in [5.41, 5.74) is 3.68. The summed E-state index contributed by atoms with van der Waals surface area (Å²) in [5, 5.41) is 2.92. The maximum absolute atomic E-state index is 12.2. The van der Waals surface area contributed by atoms with Crippen LogP contribution in [-0.4, -0.2) is 17.9 Å². The third-order valence-electron chi connectivity index (χ3n) is 3.85. The normalized spacial score (nSPS) is 10.8. The van der Waals surface area contributed by atoms with Crippen molar-refractivity contribution in [2.75, 3.05) is 17.3 Å². The number of nitrogens with zero attached hydrogens (tertiary/aromatic N) is 2. The second-order valence-corrected chi connectivity index (χ2v) is 6.01. The van der Waals surface area contributed by atoms with Gasteiger partial charge >= 0.3 is 0 Å². The SMILES string of the molecule is Cc1coc(/C=C/C(=O)Nc2ccccc2N(C)Cc2ccccc2)n1. The monoisotopic (exact) mass is 347 g/mol. The van der Waals surface area contributed by atoms with Crippen LogP contribution < -0.4 is 10.2 Å². The first kappa shape index (κ1) is 17.5. The third kappa shape index (κ3) is 4.60. The van der Waals surface area contributed by atoms with Crippen LogP contribution in [0.2, 0.25) is 0 Å². The molecule has 1 heterocycles. The number of carbonyl (C=O) groups excluding carboxylic acids is 1. The van der Waals surface area contributed by atoms with E-state index in [1.165, 1.54) is 11.6 Å². The summed E-state index contributed by atoms with van der Waals surface area (Å²) >= 11 is 0. The van der Waals surface area contributed by atoms with Crippen molar-refractivity contribution in [1.29, 1.82) is 0 Å². The van der Waals surface area contributed by atoms with E-state index in [1.807, 2.05) is 56.4 Å². The Balaban J connectivity index is 1.70. The fourth-order valence-electron chi connectivity index (χ4n) is 2.62. The van der Waals surface area contributed by atoms with Gasteiger partial charge in [0.15, 0.2) is 0 Å². The van der Waals surface area contributed by atoms with Crippen molar-refractivity contribution in [3.8, 4) is 0 Å². The first-order valence-corrected chi connectivity index (χ1v) is 8.37. The molecule has 0 bridgehead atoms. The van der Waals surface area contributed by atoms with E-state index in [9.17, 15) is 4.79 Å². The van der Waals surface area contributed by atoms with E-state index in [0.29, 0.717) is 5.89 Å². The molecule has 132 valence electrons. The number of oxazole rings is 1. The minimum atomic E-state index is -0.235. The molecule has 3 aromatic rings. The van der Waals surface area contributed by atoms with Gasteiger partial charge < -0.3 is 14.6 Å². The maximum atomic E-state index is 12.2. The van der Waals surface area contributed by atoms with Crippen LogP contribution >= 0.6 is 0 Å². The lowest BCUT2D eigenvalue weighted by Crippen LogP contribution is -2.19. The number of nitrogens with one attached hydrogen (secondary N) is 1. The minimum absolute atomic E-state index is 0.235. The minimum Gasteiger partial charge on any atom is -0.445 e. The van der Waals surface area contributed by atoms with Crippen LogP contribution in [0.5, 0.6) is 0 Å². The highest BCUT2D eigenvalue weighted by atomic mass is 16.3. The average molecular weight is 347 g/mol. The van der Waals surface area contributed by atoms with Gasteiger partial charge in [0, 0.05) is 25.7 Å². The summed E-state index contributed by atoms with van der Waals surface area (Å²) in [5.74, 6) is 0.175. The molecule has 0 aliphatic carbocycles. The molecule has 0 aliphatic rings. The molecule has 5 nitrogen and oxygen atoms in total. The van der Waals surface area contributed by atoms with E-state index in [0.717, 1.165) is 23.6 Å². The van der Waals surface area contributed by atoms with Crippen molar-refractivity contribution < 1.29 is 9.21 Å². The number of para-hydroxylation sites is 2. The summed E-state index contributed by atoms with van der Waals surface area (Å²) in [7, 11) is 2.00. The van der Waals surface area contributed by atoms with Gasteiger partial charge in [-0.1, -0.05) is 42.5 Å². The summed E-state index contributed by atoms with van der Waals surface area (Å²) < 4.78 is 5.21. The Morgan fingerprint density at radius 1 is 1.15 bits per heavy atom. The molecular weight excluding hydrogens is 326 g/mol. The van der Waals surface area contributed by atoms with E-state index in [2.05, 4.69) is 27.3 Å². The zero-order valence-electron chi connectivity index (χ0n) is 14.8. The number of benzene rings is 2. The van der Waals surface area contributed by atoms with Crippen LogP contribution in [0.15, 0.2) is 71.4 Å². The molecule has 0 fully saturated rings. The average Bonchev–Trinajstić information content (AvgIpc) is 3.06. The second kappa shape index (κ2) is 8.16. The molecule has 1 N–H and O–H groups in total. The molecular formula is C21H21N3O2. The topological polar surface area (TPSA) is 58.4 Å². The number of rotatable bonds is 6. The molecule has 5 heteroatoms. The predicted octanol–water partition coefficient (Wildman–Crippen LogP) is 4.27. The Kier molecular flexibility index (Phi) is 5.49. The molecule has 0 radical (unpaired) electrons. The largest absolute Gasteiger partial charge is 0.445 e. The van der Waals surface area contributed by atoms with E-state index in [4.69, 9.17) is 4.42 Å². The van der Waals surface area contributed by atoms with Crippen LogP contribution in [0.4, 0.5) is 11.4 Å². The number of aromatic nitrogens is 1. The Bertz CT molecular complexity index is 900. The van der Waals surface area contributed by atoms with E-state index < -0.39 is 0 Å². The quantitative estimate of drug-likeness (QED) is 0.677. The van der Waals surface area contributed by atoms with Crippen LogP contribution in [0.3, 0.4) is 0 Å². The first-order valence-electron chi connectivity index (χ1n) is 8.37. The highest BCUT2D eigenvalue weighted by Crippen LogP contribution is 2.26. The highest BCUT2D eigenvalue weighted by molar-refractivity contribution is 6.03. The summed E-state index contributed by atoms with van der Waals surface area (Å²) in [4.78, 5) is 18.5. The lowest BCUT2D eigenvalue weighted by Gasteiger charge is -2.22. The summed E-state index contributed by atoms with van der Waals surface area (Å²) in [6.07, 6.45) is 4.52. The molecule has 0 atom stereocenters. The zero-order valence-corrected chi connectivity index (χ0v) is 14.8. The van der Waals surface area contributed by atoms with E-state index in [-0.39, 0.29) is 5.91 Å². The van der Waals surface area contributed by atoms with E-state index in [1.54, 1.807) is 12.3 Å². The van der Waals surface area contributed by atoms with Gasteiger partial charge in [-0.2, -0.15) is 0 Å². The van der Waals surface area contributed by atoms with Crippen molar-refractivity contribution in [2.24, 2.45) is 0 Å². The van der Waals surface area contributed by atoms with Crippen LogP contribution in [0.1, 0.15) is 17.1 Å². The number of hydrogen-bond acceptors (Lipinski definition) is 4. The number of aryl methyl sites for hydroxylation is 1. The smallest absolute Gasteiger partial charge is 0.248 e. The van der Waals surface area contributed by atoms with Crippen LogP contribution in [0, 0.1) is 6.92 Å². The lowest BCUT2D eigenvalue weighted by atomic mass is 10.2. The van der Waals surface area contributed by atoms with Gasteiger partial charge in [0.2, 0.25) is 11.8 Å². The third-order valence-corrected chi connectivity index (χ3v) is 3.85. The standard InChI is InChI=1S/C21H21N3O2/c1-16-15-26-21(22-16)13-12-20(25)23-18-10-6-7-11-19(18)24(2)14-17-8-4-3-5-9-17/h3-13,15H,14H2,1-2H3,(H,23,25)/b13-12+. The Labute approximate surface area is 153 Å². The molecule has 0 unspecified atom stereocenters. The molecule has 1 aromatic heterocycles. The highest BCUT2D eigenvalue weighted by Gasteiger charge is 2.09. The Morgan fingerprint density at radius 2 is 1.88 bits per heavy atom. The van der Waals surface area contributed by atoms with Crippen molar-refractivity contribution in [1.82, 2.24) is 4.98 Å². The van der Waals surface area contributed by atoms with Crippen molar-refractivity contribution in [2.45, 2.75) is 13.5 Å². The van der Waals surface area contributed by atoms with Crippen molar-refractivity contribution in [3.63, 3.8) is 0 Å². The van der Waals surface area contributed by atoms with Crippen molar-refractivity contribution >= 4 is 23.4 Å². The molecule has 0 saturated carbocycles. The molecule has 26 heavy (non-hydrogen) atoms. The van der Waals surface area contributed by atoms with Gasteiger partial charge in [-0.05, 0) is 24.6 Å². The molecule has 0 aliphatic heterocycles. The number of carbonyl (C=O) groups is 1. The van der Waals surface area contributed by atoms with Gasteiger partial charge in [-0.3, -0.25) is 4.79 Å². The van der Waals surface area contributed by atoms with Gasteiger partial charge in [0.05, 0.1) is 17.1 Å². The maximum Gasteiger partial charge on any atom is 0.248 e. The van der Waals surface area contributed by atoms with Crippen molar-refractivity contribution in [3.05, 3.63) is 84.1 Å². The lowest BCUT2D eigenvalue weighted by molar-refractivity contribution is -0.111. The van der Waals surface area contributed by atoms with Gasteiger partial charge in [-0.15, -0.1) is 0 Å². The fourth-order valence-corrected chi connectivity index (χ4v) is 2.62. The van der Waals surface area contributed by atoms with E-state index >= 15 is 0 Å². The van der Waals surface area contributed by atoms with Gasteiger partial charge in [0.25, 0.3) is 0 Å². The molecule has 0 saturated heterocycles. The number of amides is 1. The Hall–Kier alpha value is -3.34. The Morgan fingerprint density at radius 3 is 2.62 bits per heavy atom. The molecule has 1 amide bonds. The van der Waals surface area contributed by atoms with Gasteiger partial charge in [0.1, 0.15) is 6.26 Å². The zero-order chi connectivity index (χ0) is 18.4. The fraction of sp³-hybridized carbons (Fsp3) is 0.143. The first-order chi connectivity index (χ1) is 12.6. The molecule has 0 spiro atoms. The second-order valence-electron chi connectivity index (χ2n) is 6.01. The van der Waals surface area contributed by atoms with Crippen LogP contribution in [0.25, 0.3) is 6.08 Å². The number of hydrogen-bond donors (Lipinski definition) is 1. The summed E-state index contributed by atoms with van der Waals surface area (Å²) in [6, 6.07) is 17.9. The van der Waals surface area contributed by atoms with Crippen LogP contribution in [-0.2, 0) is 11.3 Å². The summed E-state index contributed by atoms with van der Waals surface area (Å²) in [6.45, 7) is 2.58.